The van der Waals surface area contributed by atoms with Crippen LogP contribution in [0.1, 0.15) is 15.9 Å². The minimum absolute atomic E-state index is 0.0121. The number of hydrogen-bond acceptors (Lipinski definition) is 4. The van der Waals surface area contributed by atoms with E-state index in [1.54, 1.807) is 13.2 Å². The molecule has 0 N–H and O–H groups in total. The van der Waals surface area contributed by atoms with Gasteiger partial charge in [0.15, 0.2) is 6.61 Å². The summed E-state index contributed by atoms with van der Waals surface area (Å²) in [5, 5.41) is 0. The zero-order chi connectivity index (χ0) is 14.5. The monoisotopic (exact) mass is 418 g/mol. The average Bonchev–Trinajstić information content (AvgIpc) is 2.76. The zero-order valence-electron chi connectivity index (χ0n) is 10.7. The quantitative estimate of drug-likeness (QED) is 0.637. The van der Waals surface area contributed by atoms with Crippen LogP contribution in [-0.2, 0) is 11.3 Å². The molecule has 0 aliphatic carbocycles. The van der Waals surface area contributed by atoms with Crippen LogP contribution in [0.3, 0.4) is 0 Å². The fourth-order valence-electron chi connectivity index (χ4n) is 1.65. The highest BCUT2D eigenvalue weighted by Crippen LogP contribution is 2.32. The number of hydrogen-bond donors (Lipinski definition) is 0. The Bertz CT molecular complexity index is 610. The van der Waals surface area contributed by atoms with Crippen molar-refractivity contribution in [3.63, 3.8) is 0 Å². The summed E-state index contributed by atoms with van der Waals surface area (Å²) in [6, 6.07) is 9.32. The molecular formula is C14H12Br2O3S. The van der Waals surface area contributed by atoms with Crippen LogP contribution < -0.4 is 4.74 Å². The van der Waals surface area contributed by atoms with Crippen LogP contribution >= 0.6 is 43.2 Å². The lowest BCUT2D eigenvalue weighted by molar-refractivity contribution is 0.0921. The van der Waals surface area contributed by atoms with Gasteiger partial charge >= 0.3 is 0 Å². The molecule has 0 saturated heterocycles. The lowest BCUT2D eigenvalue weighted by Gasteiger charge is -2.07. The standard InChI is InChI=1S/C14H12Br2O3S/c1-18-7-9-3-2-4-10(5-9)19-8-12(17)11-6-13(15)20-14(11)16/h2-6H,7-8H2,1H3. The molecular weight excluding hydrogens is 408 g/mol. The van der Waals surface area contributed by atoms with Crippen LogP contribution in [0.4, 0.5) is 0 Å². The molecule has 2 rings (SSSR count). The first kappa shape index (κ1) is 15.7. The summed E-state index contributed by atoms with van der Waals surface area (Å²) < 4.78 is 12.3. The van der Waals surface area contributed by atoms with Crippen LogP contribution in [0.25, 0.3) is 0 Å². The first-order valence-electron chi connectivity index (χ1n) is 5.79. The largest absolute Gasteiger partial charge is 0.485 e. The first-order valence-corrected chi connectivity index (χ1v) is 8.19. The molecule has 1 aromatic heterocycles. The van der Waals surface area contributed by atoms with Crippen LogP contribution in [0, 0.1) is 0 Å². The molecule has 1 heterocycles. The molecule has 106 valence electrons. The fourth-order valence-corrected chi connectivity index (χ4v) is 4.50. The van der Waals surface area contributed by atoms with Gasteiger partial charge in [0.1, 0.15) is 5.75 Å². The number of thiophene rings is 1. The van der Waals surface area contributed by atoms with E-state index in [-0.39, 0.29) is 12.4 Å². The predicted octanol–water partition coefficient (Wildman–Crippen LogP) is 4.68. The summed E-state index contributed by atoms with van der Waals surface area (Å²) in [4.78, 5) is 12.1. The Balaban J connectivity index is 1.99. The lowest BCUT2D eigenvalue weighted by atomic mass is 10.2. The smallest absolute Gasteiger partial charge is 0.202 e. The summed E-state index contributed by atoms with van der Waals surface area (Å²) in [5.41, 5.74) is 1.65. The van der Waals surface area contributed by atoms with Crippen molar-refractivity contribution in [2.75, 3.05) is 13.7 Å². The molecule has 0 unspecified atom stereocenters. The van der Waals surface area contributed by atoms with Crippen molar-refractivity contribution in [1.82, 2.24) is 0 Å². The third-order valence-corrected chi connectivity index (χ3v) is 4.88. The highest BCUT2D eigenvalue weighted by atomic mass is 79.9. The Morgan fingerprint density at radius 3 is 2.75 bits per heavy atom. The van der Waals surface area contributed by atoms with Gasteiger partial charge in [0.05, 0.1) is 14.2 Å². The van der Waals surface area contributed by atoms with E-state index in [0.29, 0.717) is 17.9 Å². The molecule has 0 aliphatic rings. The number of benzene rings is 1. The van der Waals surface area contributed by atoms with E-state index in [1.165, 1.54) is 11.3 Å². The number of carbonyl (C=O) groups excluding carboxylic acids is 1. The number of ether oxygens (including phenoxy) is 2. The van der Waals surface area contributed by atoms with Gasteiger partial charge < -0.3 is 9.47 Å². The van der Waals surface area contributed by atoms with Crippen molar-refractivity contribution < 1.29 is 14.3 Å². The topological polar surface area (TPSA) is 35.5 Å². The average molecular weight is 420 g/mol. The zero-order valence-corrected chi connectivity index (χ0v) is 14.7. The van der Waals surface area contributed by atoms with E-state index < -0.39 is 0 Å². The number of Topliss-reactive ketones (excluding diaryl/α,β-unsaturated/α-hetero) is 1. The number of methoxy groups -OCH3 is 1. The number of carbonyl (C=O) groups is 1. The molecule has 0 saturated carbocycles. The molecule has 0 fully saturated rings. The van der Waals surface area contributed by atoms with E-state index in [0.717, 1.165) is 13.1 Å². The third-order valence-electron chi connectivity index (χ3n) is 2.54. The minimum atomic E-state index is -0.0593. The molecule has 6 heteroatoms. The second kappa shape index (κ2) is 7.36. The summed E-state index contributed by atoms with van der Waals surface area (Å²) in [6.45, 7) is 0.534. The molecule has 0 aliphatic heterocycles. The maximum Gasteiger partial charge on any atom is 0.202 e. The van der Waals surface area contributed by atoms with Crippen molar-refractivity contribution >= 4 is 49.0 Å². The Kier molecular flexibility index (Phi) is 5.77. The van der Waals surface area contributed by atoms with Gasteiger partial charge in [-0.1, -0.05) is 12.1 Å². The van der Waals surface area contributed by atoms with Gasteiger partial charge in [-0.25, -0.2) is 0 Å². The van der Waals surface area contributed by atoms with Crippen molar-refractivity contribution in [2.24, 2.45) is 0 Å². The van der Waals surface area contributed by atoms with Crippen molar-refractivity contribution in [3.8, 4) is 5.75 Å². The highest BCUT2D eigenvalue weighted by molar-refractivity contribution is 9.12. The molecule has 1 aromatic carbocycles. The normalized spacial score (nSPS) is 10.6. The van der Waals surface area contributed by atoms with Crippen LogP contribution in [0.2, 0.25) is 0 Å². The van der Waals surface area contributed by atoms with E-state index in [2.05, 4.69) is 31.9 Å². The Morgan fingerprint density at radius 1 is 1.30 bits per heavy atom. The van der Waals surface area contributed by atoms with Crippen LogP contribution in [0.5, 0.6) is 5.75 Å². The second-order valence-electron chi connectivity index (χ2n) is 4.03. The molecule has 0 spiro atoms. The van der Waals surface area contributed by atoms with E-state index in [1.807, 2.05) is 24.3 Å². The van der Waals surface area contributed by atoms with Gasteiger partial charge in [-0.05, 0) is 55.6 Å². The van der Waals surface area contributed by atoms with Crippen molar-refractivity contribution in [1.29, 1.82) is 0 Å². The van der Waals surface area contributed by atoms with Crippen molar-refractivity contribution in [2.45, 2.75) is 6.61 Å². The molecule has 0 atom stereocenters. The van der Waals surface area contributed by atoms with Crippen LogP contribution in [0.15, 0.2) is 37.9 Å². The summed E-state index contributed by atoms with van der Waals surface area (Å²) in [5.74, 6) is 0.606. The van der Waals surface area contributed by atoms with Gasteiger partial charge in [-0.2, -0.15) is 0 Å². The predicted molar refractivity (Wildman–Crippen MR) is 86.7 cm³/mol. The van der Waals surface area contributed by atoms with E-state index in [4.69, 9.17) is 9.47 Å². The first-order chi connectivity index (χ1) is 9.60. The highest BCUT2D eigenvalue weighted by Gasteiger charge is 2.14. The molecule has 20 heavy (non-hydrogen) atoms. The second-order valence-corrected chi connectivity index (χ2v) is 7.78. The van der Waals surface area contributed by atoms with Gasteiger partial charge in [0.2, 0.25) is 5.78 Å². The molecule has 0 bridgehead atoms. The maximum absolute atomic E-state index is 12.1. The third kappa shape index (κ3) is 4.15. The number of rotatable bonds is 6. The van der Waals surface area contributed by atoms with E-state index >= 15 is 0 Å². The number of halogens is 2. The lowest BCUT2D eigenvalue weighted by Crippen LogP contribution is -2.11. The Labute approximate surface area is 138 Å². The van der Waals surface area contributed by atoms with Gasteiger partial charge in [-0.15, -0.1) is 11.3 Å². The van der Waals surface area contributed by atoms with Crippen molar-refractivity contribution in [3.05, 3.63) is 49.0 Å². The van der Waals surface area contributed by atoms with Crippen LogP contribution in [-0.4, -0.2) is 19.5 Å². The van der Waals surface area contributed by atoms with Gasteiger partial charge in [0.25, 0.3) is 0 Å². The Morgan fingerprint density at radius 2 is 2.10 bits per heavy atom. The molecule has 0 amide bonds. The van der Waals surface area contributed by atoms with Gasteiger partial charge in [0, 0.05) is 12.7 Å². The summed E-state index contributed by atoms with van der Waals surface area (Å²) in [6.07, 6.45) is 0. The summed E-state index contributed by atoms with van der Waals surface area (Å²) in [7, 11) is 1.64. The SMILES string of the molecule is COCc1cccc(OCC(=O)c2cc(Br)sc2Br)c1. The fraction of sp³-hybridized carbons (Fsp3) is 0.214. The summed E-state index contributed by atoms with van der Waals surface area (Å²) >= 11 is 8.20. The van der Waals surface area contributed by atoms with E-state index in [9.17, 15) is 4.79 Å². The van der Waals surface area contributed by atoms with Gasteiger partial charge in [-0.3, -0.25) is 4.79 Å². The minimum Gasteiger partial charge on any atom is -0.485 e. The Hall–Kier alpha value is -0.690. The molecule has 0 radical (unpaired) electrons. The molecule has 3 nitrogen and oxygen atoms in total. The maximum atomic E-state index is 12.1. The molecule has 2 aromatic rings. The number of ketones is 1.